The number of aromatic amines is 1. The first-order chi connectivity index (χ1) is 13.2. The Kier molecular flexibility index (Phi) is 4.89. The summed E-state index contributed by atoms with van der Waals surface area (Å²) in [5.41, 5.74) is 3.71. The second-order valence-corrected chi connectivity index (χ2v) is 6.93. The molecule has 5 nitrogen and oxygen atoms in total. The van der Waals surface area contributed by atoms with Crippen molar-refractivity contribution in [3.8, 4) is 16.3 Å². The van der Waals surface area contributed by atoms with E-state index in [9.17, 15) is 4.79 Å². The number of esters is 1. The van der Waals surface area contributed by atoms with Crippen LogP contribution in [-0.2, 0) is 22.6 Å². The standard InChI is InChI=1S/C21H18N2O3S/c1-25-17-8-6-14(7-9-17)21-23-16(13-27-21)12-26-20(24)10-15-11-22-19-5-3-2-4-18(15)19/h2-9,11,13,22H,10,12H2,1H3. The van der Waals surface area contributed by atoms with Crippen molar-refractivity contribution < 1.29 is 14.3 Å². The number of benzene rings is 2. The third-order valence-electron chi connectivity index (χ3n) is 4.28. The van der Waals surface area contributed by atoms with Gasteiger partial charge in [0.05, 0.1) is 19.2 Å². The summed E-state index contributed by atoms with van der Waals surface area (Å²) in [6.07, 6.45) is 2.09. The number of ether oxygens (including phenoxy) is 2. The molecule has 0 saturated carbocycles. The highest BCUT2D eigenvalue weighted by atomic mass is 32.1. The number of carbonyl (C=O) groups excluding carboxylic acids is 1. The van der Waals surface area contributed by atoms with Crippen molar-refractivity contribution in [1.29, 1.82) is 0 Å². The van der Waals surface area contributed by atoms with Crippen LogP contribution in [0.4, 0.5) is 0 Å². The lowest BCUT2D eigenvalue weighted by Crippen LogP contribution is -2.07. The number of para-hydroxylation sites is 1. The molecule has 0 bridgehead atoms. The maximum Gasteiger partial charge on any atom is 0.310 e. The van der Waals surface area contributed by atoms with Crippen LogP contribution in [0.25, 0.3) is 21.5 Å². The topological polar surface area (TPSA) is 64.2 Å². The Morgan fingerprint density at radius 1 is 1.15 bits per heavy atom. The maximum atomic E-state index is 12.2. The van der Waals surface area contributed by atoms with Gasteiger partial charge < -0.3 is 14.5 Å². The molecule has 0 unspecified atom stereocenters. The summed E-state index contributed by atoms with van der Waals surface area (Å²) in [4.78, 5) is 19.9. The van der Waals surface area contributed by atoms with Gasteiger partial charge in [0.15, 0.2) is 0 Å². The van der Waals surface area contributed by atoms with E-state index < -0.39 is 0 Å². The maximum absolute atomic E-state index is 12.2. The molecule has 0 aliphatic carbocycles. The number of aromatic nitrogens is 2. The summed E-state index contributed by atoms with van der Waals surface area (Å²) in [6.45, 7) is 0.174. The number of thiazole rings is 1. The van der Waals surface area contributed by atoms with E-state index in [0.29, 0.717) is 0 Å². The quantitative estimate of drug-likeness (QED) is 0.499. The zero-order valence-electron chi connectivity index (χ0n) is 14.8. The van der Waals surface area contributed by atoms with Gasteiger partial charge in [-0.1, -0.05) is 18.2 Å². The van der Waals surface area contributed by atoms with Gasteiger partial charge in [0.25, 0.3) is 0 Å². The molecule has 0 radical (unpaired) electrons. The van der Waals surface area contributed by atoms with Crippen molar-refractivity contribution in [3.63, 3.8) is 0 Å². The normalized spacial score (nSPS) is 10.9. The summed E-state index contributed by atoms with van der Waals surface area (Å²) in [5, 5.41) is 3.85. The summed E-state index contributed by atoms with van der Waals surface area (Å²) < 4.78 is 10.6. The van der Waals surface area contributed by atoms with Crippen molar-refractivity contribution in [2.24, 2.45) is 0 Å². The fourth-order valence-corrected chi connectivity index (χ4v) is 3.69. The number of H-pyrrole nitrogens is 1. The third-order valence-corrected chi connectivity index (χ3v) is 5.22. The molecular formula is C21H18N2O3S. The third kappa shape index (κ3) is 3.85. The molecule has 136 valence electrons. The minimum absolute atomic E-state index is 0.174. The molecule has 27 heavy (non-hydrogen) atoms. The Labute approximate surface area is 160 Å². The zero-order chi connectivity index (χ0) is 18.6. The van der Waals surface area contributed by atoms with E-state index in [1.165, 1.54) is 11.3 Å². The Morgan fingerprint density at radius 2 is 1.96 bits per heavy atom. The van der Waals surface area contributed by atoms with Crippen LogP contribution in [0.1, 0.15) is 11.3 Å². The summed E-state index contributed by atoms with van der Waals surface area (Å²) in [6, 6.07) is 15.6. The Hall–Kier alpha value is -3.12. The molecule has 0 fully saturated rings. The summed E-state index contributed by atoms with van der Waals surface area (Å²) in [5.74, 6) is 0.542. The molecule has 2 aromatic carbocycles. The second-order valence-electron chi connectivity index (χ2n) is 6.07. The molecule has 2 aromatic heterocycles. The van der Waals surface area contributed by atoms with Crippen LogP contribution in [0, 0.1) is 0 Å². The van der Waals surface area contributed by atoms with E-state index in [1.54, 1.807) is 7.11 Å². The number of hydrogen-bond acceptors (Lipinski definition) is 5. The first-order valence-electron chi connectivity index (χ1n) is 8.52. The van der Waals surface area contributed by atoms with Crippen LogP contribution in [-0.4, -0.2) is 23.0 Å². The van der Waals surface area contributed by atoms with Gasteiger partial charge in [0.1, 0.15) is 17.4 Å². The van der Waals surface area contributed by atoms with E-state index in [2.05, 4.69) is 9.97 Å². The van der Waals surface area contributed by atoms with Gasteiger partial charge in [-0.05, 0) is 35.9 Å². The Morgan fingerprint density at radius 3 is 2.78 bits per heavy atom. The number of rotatable bonds is 6. The van der Waals surface area contributed by atoms with Gasteiger partial charge in [-0.2, -0.15) is 0 Å². The molecular weight excluding hydrogens is 360 g/mol. The lowest BCUT2D eigenvalue weighted by atomic mass is 10.1. The van der Waals surface area contributed by atoms with Crippen LogP contribution in [0.2, 0.25) is 0 Å². The van der Waals surface area contributed by atoms with Crippen molar-refractivity contribution in [3.05, 3.63) is 71.4 Å². The number of fused-ring (bicyclic) bond motifs is 1. The lowest BCUT2D eigenvalue weighted by molar-refractivity contribution is -0.144. The molecule has 0 saturated heterocycles. The van der Waals surface area contributed by atoms with Gasteiger partial charge in [0, 0.05) is 28.0 Å². The van der Waals surface area contributed by atoms with E-state index in [0.717, 1.165) is 38.5 Å². The SMILES string of the molecule is COc1ccc(-c2nc(COC(=O)Cc3c[nH]c4ccccc34)cs2)cc1. The molecule has 0 amide bonds. The number of carbonyl (C=O) groups is 1. The van der Waals surface area contributed by atoms with Crippen molar-refractivity contribution in [2.75, 3.05) is 7.11 Å². The predicted octanol–water partition coefficient (Wildman–Crippen LogP) is 4.59. The fraction of sp³-hybridized carbons (Fsp3) is 0.143. The van der Waals surface area contributed by atoms with Crippen LogP contribution < -0.4 is 4.74 Å². The smallest absolute Gasteiger partial charge is 0.310 e. The number of nitrogens with one attached hydrogen (secondary N) is 1. The molecule has 4 aromatic rings. The van der Waals surface area contributed by atoms with Gasteiger partial charge in [-0.15, -0.1) is 11.3 Å². The number of hydrogen-bond donors (Lipinski definition) is 1. The second kappa shape index (κ2) is 7.63. The average Bonchev–Trinajstić information content (AvgIpc) is 3.34. The van der Waals surface area contributed by atoms with Gasteiger partial charge >= 0.3 is 5.97 Å². The van der Waals surface area contributed by atoms with Gasteiger partial charge in [-0.3, -0.25) is 4.79 Å². The predicted molar refractivity (Wildman–Crippen MR) is 106 cm³/mol. The Bertz CT molecular complexity index is 1070. The minimum atomic E-state index is -0.265. The molecule has 0 spiro atoms. The van der Waals surface area contributed by atoms with Crippen molar-refractivity contribution >= 4 is 28.2 Å². The van der Waals surface area contributed by atoms with Crippen LogP contribution in [0.3, 0.4) is 0 Å². The monoisotopic (exact) mass is 378 g/mol. The largest absolute Gasteiger partial charge is 0.497 e. The number of nitrogens with zero attached hydrogens (tertiary/aromatic N) is 1. The zero-order valence-corrected chi connectivity index (χ0v) is 15.6. The Balaban J connectivity index is 1.37. The highest BCUT2D eigenvalue weighted by molar-refractivity contribution is 7.13. The van der Waals surface area contributed by atoms with Crippen LogP contribution in [0.5, 0.6) is 5.75 Å². The molecule has 1 N–H and O–H groups in total. The molecule has 4 rings (SSSR count). The van der Waals surface area contributed by atoms with Crippen molar-refractivity contribution in [1.82, 2.24) is 9.97 Å². The van der Waals surface area contributed by atoms with Crippen LogP contribution >= 0.6 is 11.3 Å². The molecule has 0 aliphatic rings. The summed E-state index contributed by atoms with van der Waals surface area (Å²) >= 11 is 1.53. The highest BCUT2D eigenvalue weighted by Gasteiger charge is 2.11. The van der Waals surface area contributed by atoms with E-state index in [-0.39, 0.29) is 19.0 Å². The average molecular weight is 378 g/mol. The molecule has 0 aliphatic heterocycles. The van der Waals surface area contributed by atoms with Gasteiger partial charge in [0.2, 0.25) is 0 Å². The first-order valence-corrected chi connectivity index (χ1v) is 9.40. The van der Waals surface area contributed by atoms with E-state index in [4.69, 9.17) is 9.47 Å². The van der Waals surface area contributed by atoms with E-state index >= 15 is 0 Å². The molecule has 0 atom stereocenters. The minimum Gasteiger partial charge on any atom is -0.497 e. The van der Waals surface area contributed by atoms with Crippen molar-refractivity contribution in [2.45, 2.75) is 13.0 Å². The summed E-state index contributed by atoms with van der Waals surface area (Å²) in [7, 11) is 1.64. The highest BCUT2D eigenvalue weighted by Crippen LogP contribution is 2.26. The van der Waals surface area contributed by atoms with E-state index in [1.807, 2.05) is 60.1 Å². The first kappa shape index (κ1) is 17.3. The molecule has 6 heteroatoms. The number of methoxy groups -OCH3 is 1. The van der Waals surface area contributed by atoms with Gasteiger partial charge in [-0.25, -0.2) is 4.98 Å². The fourth-order valence-electron chi connectivity index (χ4n) is 2.88. The molecule has 2 heterocycles. The van der Waals surface area contributed by atoms with Crippen LogP contribution in [0.15, 0.2) is 60.1 Å². The lowest BCUT2D eigenvalue weighted by Gasteiger charge is -2.03.